The van der Waals surface area contributed by atoms with Crippen LogP contribution < -0.4 is 4.90 Å². The fraction of sp³-hybridized carbons (Fsp3) is 0.0698. The van der Waals surface area contributed by atoms with Crippen LogP contribution in [0.5, 0.6) is 0 Å². The second-order valence-electron chi connectivity index (χ2n) is 11.8. The Bertz CT molecular complexity index is 2020. The summed E-state index contributed by atoms with van der Waals surface area (Å²) >= 11 is 0. The lowest BCUT2D eigenvalue weighted by Gasteiger charge is -2.36. The number of carbonyl (C=O) groups excluding carboxylic acids is 1. The molecule has 4 aromatic carbocycles. The molecule has 0 aliphatic carbocycles. The summed E-state index contributed by atoms with van der Waals surface area (Å²) in [7, 11) is 1.71. The van der Waals surface area contributed by atoms with Crippen LogP contribution in [-0.2, 0) is 16.8 Å². The maximum atomic E-state index is 14.2. The van der Waals surface area contributed by atoms with Gasteiger partial charge in [0, 0.05) is 65.6 Å². The van der Waals surface area contributed by atoms with Crippen molar-refractivity contribution < 1.29 is 9.53 Å². The first-order valence-corrected chi connectivity index (χ1v) is 16.2. The standard InChI is InChI=1S/C43H34N4O2/c1-47(38-20-12-5-13-21-38)42(48)49-43(36-23-26-40(45-30-36)34-16-8-3-9-17-34,37-24-27-41(46-31-37)35-18-10-4-11-19-35)28-32-22-25-39(44-29-32)33-14-6-2-7-15-33/h2-27,29-31H,28H2,1H3. The van der Waals surface area contributed by atoms with Crippen molar-refractivity contribution in [2.45, 2.75) is 12.0 Å². The Morgan fingerprint density at radius 2 is 0.939 bits per heavy atom. The molecule has 6 nitrogen and oxygen atoms in total. The van der Waals surface area contributed by atoms with E-state index in [9.17, 15) is 4.79 Å². The van der Waals surface area contributed by atoms with Crippen molar-refractivity contribution in [1.29, 1.82) is 0 Å². The van der Waals surface area contributed by atoms with Crippen LogP contribution in [0.2, 0.25) is 0 Å². The minimum atomic E-state index is -1.31. The Morgan fingerprint density at radius 3 is 1.33 bits per heavy atom. The molecule has 6 heteroatoms. The Morgan fingerprint density at radius 1 is 0.531 bits per heavy atom. The third kappa shape index (κ3) is 6.85. The molecule has 3 aromatic heterocycles. The lowest BCUT2D eigenvalue weighted by atomic mass is 9.82. The van der Waals surface area contributed by atoms with Gasteiger partial charge in [-0.1, -0.05) is 127 Å². The number of para-hydroxylation sites is 1. The number of hydrogen-bond acceptors (Lipinski definition) is 5. The number of nitrogens with zero attached hydrogens (tertiary/aromatic N) is 4. The van der Waals surface area contributed by atoms with Crippen LogP contribution >= 0.6 is 0 Å². The molecule has 0 radical (unpaired) electrons. The van der Waals surface area contributed by atoms with Crippen molar-refractivity contribution in [1.82, 2.24) is 15.0 Å². The Kier molecular flexibility index (Phi) is 9.02. The van der Waals surface area contributed by atoms with Gasteiger partial charge < -0.3 is 4.74 Å². The molecule has 49 heavy (non-hydrogen) atoms. The summed E-state index contributed by atoms with van der Waals surface area (Å²) in [6, 6.07) is 51.5. The maximum Gasteiger partial charge on any atom is 0.415 e. The van der Waals surface area contributed by atoms with Gasteiger partial charge in [-0.25, -0.2) is 4.79 Å². The second-order valence-corrected chi connectivity index (χ2v) is 11.8. The highest BCUT2D eigenvalue weighted by Gasteiger charge is 2.41. The summed E-state index contributed by atoms with van der Waals surface area (Å²) in [5.74, 6) is 0. The van der Waals surface area contributed by atoms with E-state index in [-0.39, 0.29) is 0 Å². The van der Waals surface area contributed by atoms with E-state index in [0.717, 1.165) is 39.3 Å². The van der Waals surface area contributed by atoms with Gasteiger partial charge in [-0.05, 0) is 35.9 Å². The molecule has 7 rings (SSSR count). The molecule has 0 N–H and O–H groups in total. The van der Waals surface area contributed by atoms with E-state index < -0.39 is 11.7 Å². The zero-order valence-corrected chi connectivity index (χ0v) is 27.1. The fourth-order valence-corrected chi connectivity index (χ4v) is 5.92. The first kappa shape index (κ1) is 31.2. The van der Waals surface area contributed by atoms with Crippen LogP contribution in [-0.4, -0.2) is 28.1 Å². The number of carbonyl (C=O) groups is 1. The number of rotatable bonds is 9. The predicted molar refractivity (Wildman–Crippen MR) is 195 cm³/mol. The first-order chi connectivity index (χ1) is 24.1. The van der Waals surface area contributed by atoms with E-state index in [1.807, 2.05) is 164 Å². The quantitative estimate of drug-likeness (QED) is 0.158. The van der Waals surface area contributed by atoms with Gasteiger partial charge in [0.25, 0.3) is 0 Å². The van der Waals surface area contributed by atoms with Crippen LogP contribution in [0, 0.1) is 0 Å². The summed E-state index contributed by atoms with van der Waals surface area (Å²) < 4.78 is 6.72. The highest BCUT2D eigenvalue weighted by Crippen LogP contribution is 2.39. The average molecular weight is 639 g/mol. The number of aromatic nitrogens is 3. The van der Waals surface area contributed by atoms with Gasteiger partial charge in [-0.2, -0.15) is 0 Å². The number of anilines is 1. The van der Waals surface area contributed by atoms with Gasteiger partial charge in [0.2, 0.25) is 0 Å². The molecule has 0 unspecified atom stereocenters. The lowest BCUT2D eigenvalue weighted by Crippen LogP contribution is -2.41. The first-order valence-electron chi connectivity index (χ1n) is 16.2. The zero-order chi connectivity index (χ0) is 33.5. The number of benzene rings is 4. The van der Waals surface area contributed by atoms with Crippen molar-refractivity contribution in [2.24, 2.45) is 0 Å². The van der Waals surface area contributed by atoms with Gasteiger partial charge >= 0.3 is 6.09 Å². The molecular weight excluding hydrogens is 604 g/mol. The van der Waals surface area contributed by atoms with Crippen molar-refractivity contribution in [3.8, 4) is 33.8 Å². The normalized spacial score (nSPS) is 11.1. The van der Waals surface area contributed by atoms with Gasteiger partial charge in [0.15, 0.2) is 5.60 Å². The van der Waals surface area contributed by atoms with E-state index in [1.54, 1.807) is 19.4 Å². The van der Waals surface area contributed by atoms with Crippen LogP contribution in [0.15, 0.2) is 176 Å². The molecule has 0 saturated heterocycles. The van der Waals surface area contributed by atoms with Crippen molar-refractivity contribution in [2.75, 3.05) is 11.9 Å². The van der Waals surface area contributed by atoms with Crippen LogP contribution in [0.4, 0.5) is 10.5 Å². The molecule has 0 spiro atoms. The minimum Gasteiger partial charge on any atom is -0.432 e. The molecule has 1 amide bonds. The smallest absolute Gasteiger partial charge is 0.415 e. The van der Waals surface area contributed by atoms with Crippen LogP contribution in [0.25, 0.3) is 33.8 Å². The SMILES string of the molecule is CN(C(=O)OC(Cc1ccc(-c2ccccc2)nc1)(c1ccc(-c2ccccc2)nc1)c1ccc(-c2ccccc2)nc1)c1ccccc1. The summed E-state index contributed by atoms with van der Waals surface area (Å²) in [5.41, 5.74) is 7.22. The number of pyridine rings is 3. The summed E-state index contributed by atoms with van der Waals surface area (Å²) in [5, 5.41) is 0. The molecule has 0 atom stereocenters. The molecule has 0 aliphatic heterocycles. The monoisotopic (exact) mass is 638 g/mol. The maximum absolute atomic E-state index is 14.2. The molecular formula is C43H34N4O2. The molecule has 0 saturated carbocycles. The highest BCUT2D eigenvalue weighted by molar-refractivity contribution is 5.87. The second kappa shape index (κ2) is 14.2. The molecule has 238 valence electrons. The molecule has 3 heterocycles. The number of amides is 1. The van der Waals surface area contributed by atoms with E-state index in [4.69, 9.17) is 19.7 Å². The third-order valence-electron chi connectivity index (χ3n) is 8.62. The lowest BCUT2D eigenvalue weighted by molar-refractivity contribution is 0.0439. The predicted octanol–water partition coefficient (Wildman–Crippen LogP) is 9.63. The fourth-order valence-electron chi connectivity index (χ4n) is 5.92. The molecule has 7 aromatic rings. The van der Waals surface area contributed by atoms with Gasteiger partial charge in [0.1, 0.15) is 0 Å². The third-order valence-corrected chi connectivity index (χ3v) is 8.62. The summed E-state index contributed by atoms with van der Waals surface area (Å²) in [4.78, 5) is 30.2. The highest BCUT2D eigenvalue weighted by atomic mass is 16.6. The minimum absolute atomic E-state index is 0.294. The molecule has 0 aliphatic rings. The van der Waals surface area contributed by atoms with Crippen LogP contribution in [0.1, 0.15) is 16.7 Å². The van der Waals surface area contributed by atoms with Gasteiger partial charge in [-0.3, -0.25) is 19.9 Å². The van der Waals surface area contributed by atoms with Crippen molar-refractivity contribution in [3.05, 3.63) is 193 Å². The van der Waals surface area contributed by atoms with Crippen LogP contribution in [0.3, 0.4) is 0 Å². The Hall–Kier alpha value is -6.40. The van der Waals surface area contributed by atoms with E-state index in [0.29, 0.717) is 23.2 Å². The van der Waals surface area contributed by atoms with E-state index >= 15 is 0 Å². The Balaban J connectivity index is 1.35. The summed E-state index contributed by atoms with van der Waals surface area (Å²) in [6.07, 6.45) is 5.23. The van der Waals surface area contributed by atoms with Crippen molar-refractivity contribution in [3.63, 3.8) is 0 Å². The summed E-state index contributed by atoms with van der Waals surface area (Å²) in [6.45, 7) is 0. The largest absolute Gasteiger partial charge is 0.432 e. The topological polar surface area (TPSA) is 68.2 Å². The van der Waals surface area contributed by atoms with Crippen molar-refractivity contribution >= 4 is 11.8 Å². The molecule has 0 fully saturated rings. The number of hydrogen-bond donors (Lipinski definition) is 0. The molecule has 0 bridgehead atoms. The van der Waals surface area contributed by atoms with Gasteiger partial charge in [0.05, 0.1) is 17.1 Å². The van der Waals surface area contributed by atoms with Gasteiger partial charge in [-0.15, -0.1) is 0 Å². The number of ether oxygens (including phenoxy) is 1. The van der Waals surface area contributed by atoms with E-state index in [2.05, 4.69) is 0 Å². The van der Waals surface area contributed by atoms with E-state index in [1.165, 1.54) is 4.90 Å². The average Bonchev–Trinajstić information content (AvgIpc) is 3.19. The Labute approximate surface area is 286 Å². The zero-order valence-electron chi connectivity index (χ0n) is 27.1.